The standard InChI is InChI=1S/C15H14N2O2.C2H6/c1-2-12-6-5-7-14(19-11-16)13(12)10-18-15-8-3-4-9-17-15;1-2/h3-9H,2,10H2,1H3;1-2H3. The minimum absolute atomic E-state index is 0.331. The van der Waals surface area contributed by atoms with Gasteiger partial charge in [-0.15, -0.1) is 5.26 Å². The second-order valence-electron chi connectivity index (χ2n) is 3.90. The van der Waals surface area contributed by atoms with Crippen molar-refractivity contribution in [2.24, 2.45) is 0 Å². The average Bonchev–Trinajstić information content (AvgIpc) is 2.56. The Hall–Kier alpha value is -2.54. The first-order valence-electron chi connectivity index (χ1n) is 7.05. The van der Waals surface area contributed by atoms with Crippen molar-refractivity contribution in [3.63, 3.8) is 0 Å². The number of benzene rings is 1. The smallest absolute Gasteiger partial charge is 0.292 e. The van der Waals surface area contributed by atoms with Crippen molar-refractivity contribution in [2.75, 3.05) is 0 Å². The highest BCUT2D eigenvalue weighted by molar-refractivity contribution is 5.40. The van der Waals surface area contributed by atoms with Gasteiger partial charge >= 0.3 is 0 Å². The lowest BCUT2D eigenvalue weighted by molar-refractivity contribution is 0.288. The molecule has 0 radical (unpaired) electrons. The molecule has 2 aromatic rings. The van der Waals surface area contributed by atoms with Crippen LogP contribution in [0.25, 0.3) is 0 Å². The molecule has 4 nitrogen and oxygen atoms in total. The van der Waals surface area contributed by atoms with Gasteiger partial charge in [-0.25, -0.2) is 4.98 Å². The fraction of sp³-hybridized carbons (Fsp3) is 0.294. The minimum Gasteiger partial charge on any atom is -0.473 e. The molecule has 110 valence electrons. The Kier molecular flexibility index (Phi) is 7.37. The molecule has 0 bridgehead atoms. The number of nitrogens with zero attached hydrogens (tertiary/aromatic N) is 2. The third kappa shape index (κ3) is 4.81. The molecule has 1 aromatic carbocycles. The highest BCUT2D eigenvalue weighted by Gasteiger charge is 2.10. The summed E-state index contributed by atoms with van der Waals surface area (Å²) in [5, 5.41) is 8.67. The van der Waals surface area contributed by atoms with Gasteiger partial charge in [-0.1, -0.05) is 39.0 Å². The highest BCUT2D eigenvalue weighted by atomic mass is 16.5. The van der Waals surface area contributed by atoms with E-state index in [1.165, 1.54) is 0 Å². The molecular weight excluding hydrogens is 264 g/mol. The van der Waals surface area contributed by atoms with Crippen LogP contribution in [0.2, 0.25) is 0 Å². The van der Waals surface area contributed by atoms with E-state index in [4.69, 9.17) is 14.7 Å². The van der Waals surface area contributed by atoms with E-state index in [1.807, 2.05) is 38.1 Å². The summed E-state index contributed by atoms with van der Waals surface area (Å²) in [4.78, 5) is 4.10. The van der Waals surface area contributed by atoms with Crippen LogP contribution in [0, 0.1) is 11.5 Å². The average molecular weight is 284 g/mol. The van der Waals surface area contributed by atoms with E-state index < -0.39 is 0 Å². The number of hydrogen-bond donors (Lipinski definition) is 0. The molecule has 1 aromatic heterocycles. The van der Waals surface area contributed by atoms with Gasteiger partial charge in [0.05, 0.1) is 0 Å². The molecule has 2 rings (SSSR count). The molecule has 1 heterocycles. The summed E-state index contributed by atoms with van der Waals surface area (Å²) < 4.78 is 10.6. The van der Waals surface area contributed by atoms with Gasteiger partial charge in [0.15, 0.2) is 0 Å². The number of rotatable bonds is 5. The molecule has 0 unspecified atom stereocenters. The van der Waals surface area contributed by atoms with E-state index in [0.717, 1.165) is 17.5 Å². The van der Waals surface area contributed by atoms with Crippen LogP contribution in [0.5, 0.6) is 11.6 Å². The molecule has 0 saturated carbocycles. The molecule has 4 heteroatoms. The van der Waals surface area contributed by atoms with Crippen LogP contribution in [0.4, 0.5) is 0 Å². The van der Waals surface area contributed by atoms with Crippen molar-refractivity contribution < 1.29 is 9.47 Å². The monoisotopic (exact) mass is 284 g/mol. The number of aryl methyl sites for hydroxylation is 1. The Morgan fingerprint density at radius 2 is 1.95 bits per heavy atom. The van der Waals surface area contributed by atoms with E-state index in [2.05, 4.69) is 11.9 Å². The van der Waals surface area contributed by atoms with Crippen molar-refractivity contribution in [3.05, 3.63) is 53.7 Å². The number of nitriles is 1. The summed E-state index contributed by atoms with van der Waals surface area (Å²) in [6, 6.07) is 11.1. The number of aromatic nitrogens is 1. The Labute approximate surface area is 126 Å². The Balaban J connectivity index is 0.00000106. The normalized spacial score (nSPS) is 9.05. The number of hydrogen-bond acceptors (Lipinski definition) is 4. The van der Waals surface area contributed by atoms with Gasteiger partial charge in [0, 0.05) is 17.8 Å². The summed E-state index contributed by atoms with van der Waals surface area (Å²) in [7, 11) is 0. The zero-order valence-electron chi connectivity index (χ0n) is 12.7. The van der Waals surface area contributed by atoms with Gasteiger partial charge in [0.2, 0.25) is 5.88 Å². The van der Waals surface area contributed by atoms with Crippen LogP contribution in [0.1, 0.15) is 31.9 Å². The lowest BCUT2D eigenvalue weighted by Gasteiger charge is -2.12. The van der Waals surface area contributed by atoms with Crippen LogP contribution < -0.4 is 9.47 Å². The molecule has 0 aliphatic heterocycles. The van der Waals surface area contributed by atoms with E-state index in [9.17, 15) is 0 Å². The SMILES string of the molecule is CC.CCc1cccc(OC#N)c1COc1ccccn1. The molecule has 0 aliphatic carbocycles. The van der Waals surface area contributed by atoms with Gasteiger partial charge in [-0.05, 0) is 24.1 Å². The quantitative estimate of drug-likeness (QED) is 0.775. The van der Waals surface area contributed by atoms with E-state index >= 15 is 0 Å². The number of pyridine rings is 1. The Bertz CT molecular complexity index is 577. The van der Waals surface area contributed by atoms with Crippen molar-refractivity contribution in [3.8, 4) is 17.9 Å². The highest BCUT2D eigenvalue weighted by Crippen LogP contribution is 2.24. The third-order valence-corrected chi connectivity index (χ3v) is 2.77. The first kappa shape index (κ1) is 16.5. The molecule has 0 atom stereocenters. The van der Waals surface area contributed by atoms with Crippen LogP contribution in [-0.4, -0.2) is 4.98 Å². The molecule has 0 spiro atoms. The van der Waals surface area contributed by atoms with Crippen molar-refractivity contribution in [1.29, 1.82) is 5.26 Å². The topological polar surface area (TPSA) is 55.1 Å². The largest absolute Gasteiger partial charge is 0.473 e. The zero-order valence-corrected chi connectivity index (χ0v) is 12.7. The molecule has 0 aliphatic rings. The van der Waals surface area contributed by atoms with Crippen LogP contribution in [0.15, 0.2) is 42.6 Å². The van der Waals surface area contributed by atoms with Crippen LogP contribution in [0.3, 0.4) is 0 Å². The first-order chi connectivity index (χ1) is 10.3. The van der Waals surface area contributed by atoms with Crippen molar-refractivity contribution in [2.45, 2.75) is 33.8 Å². The summed E-state index contributed by atoms with van der Waals surface area (Å²) >= 11 is 0. The van der Waals surface area contributed by atoms with E-state index in [-0.39, 0.29) is 0 Å². The summed E-state index contributed by atoms with van der Waals surface area (Å²) in [6.45, 7) is 6.38. The molecule has 21 heavy (non-hydrogen) atoms. The predicted molar refractivity (Wildman–Crippen MR) is 82.0 cm³/mol. The molecular formula is C17H20N2O2. The molecule has 0 saturated heterocycles. The van der Waals surface area contributed by atoms with Gasteiger partial charge in [-0.3, -0.25) is 0 Å². The van der Waals surface area contributed by atoms with Crippen molar-refractivity contribution in [1.82, 2.24) is 4.98 Å². The van der Waals surface area contributed by atoms with E-state index in [1.54, 1.807) is 24.6 Å². The Morgan fingerprint density at radius 1 is 1.14 bits per heavy atom. The van der Waals surface area contributed by atoms with Gasteiger partial charge in [0.1, 0.15) is 12.4 Å². The van der Waals surface area contributed by atoms with Crippen molar-refractivity contribution >= 4 is 0 Å². The maximum absolute atomic E-state index is 8.67. The maximum atomic E-state index is 8.67. The second kappa shape index (κ2) is 9.38. The fourth-order valence-electron chi connectivity index (χ4n) is 1.83. The summed E-state index contributed by atoms with van der Waals surface area (Å²) in [6.07, 6.45) is 4.23. The van der Waals surface area contributed by atoms with Crippen LogP contribution in [-0.2, 0) is 13.0 Å². The minimum atomic E-state index is 0.331. The summed E-state index contributed by atoms with van der Waals surface area (Å²) in [5.74, 6) is 1.09. The Morgan fingerprint density at radius 3 is 2.57 bits per heavy atom. The lowest BCUT2D eigenvalue weighted by Crippen LogP contribution is -2.03. The second-order valence-corrected chi connectivity index (χ2v) is 3.90. The summed E-state index contributed by atoms with van der Waals surface area (Å²) in [5.41, 5.74) is 1.99. The van der Waals surface area contributed by atoms with Crippen LogP contribution >= 0.6 is 0 Å². The lowest BCUT2D eigenvalue weighted by atomic mass is 10.0. The molecule has 0 fully saturated rings. The number of ether oxygens (including phenoxy) is 2. The van der Waals surface area contributed by atoms with Gasteiger partial charge in [0.25, 0.3) is 6.26 Å². The van der Waals surface area contributed by atoms with Gasteiger partial charge in [-0.2, -0.15) is 0 Å². The predicted octanol–water partition coefficient (Wildman–Crippen LogP) is 4.11. The maximum Gasteiger partial charge on any atom is 0.292 e. The van der Waals surface area contributed by atoms with Gasteiger partial charge < -0.3 is 9.47 Å². The third-order valence-electron chi connectivity index (χ3n) is 2.77. The fourth-order valence-corrected chi connectivity index (χ4v) is 1.83. The van der Waals surface area contributed by atoms with E-state index in [0.29, 0.717) is 18.2 Å². The zero-order chi connectivity index (χ0) is 15.5. The molecule has 0 amide bonds. The molecule has 0 N–H and O–H groups in total. The first-order valence-corrected chi connectivity index (χ1v) is 7.05.